The van der Waals surface area contributed by atoms with Gasteiger partial charge in [0.1, 0.15) is 0 Å². The van der Waals surface area contributed by atoms with Crippen molar-refractivity contribution in [1.29, 1.82) is 0 Å². The molecule has 2 N–H and O–H groups in total. The van der Waals surface area contributed by atoms with E-state index in [1.54, 1.807) is 0 Å². The van der Waals surface area contributed by atoms with Crippen LogP contribution in [0.3, 0.4) is 0 Å². The van der Waals surface area contributed by atoms with Gasteiger partial charge in [-0.2, -0.15) is 10.2 Å². The molecular weight excluding hydrogens is 572 g/mol. The minimum atomic E-state index is 0.729. The highest BCUT2D eigenvalue weighted by Gasteiger charge is 2.31. The van der Waals surface area contributed by atoms with Gasteiger partial charge in [-0.1, -0.05) is 30.7 Å². The van der Waals surface area contributed by atoms with Gasteiger partial charge in [-0.3, -0.25) is 10.2 Å². The van der Waals surface area contributed by atoms with Crippen LogP contribution in [0, 0.1) is 11.8 Å². The first-order chi connectivity index (χ1) is 22.7. The van der Waals surface area contributed by atoms with E-state index >= 15 is 0 Å². The maximum atomic E-state index is 6.72. The van der Waals surface area contributed by atoms with Gasteiger partial charge in [0.25, 0.3) is 0 Å². The molecule has 6 aromatic rings. The van der Waals surface area contributed by atoms with E-state index in [1.807, 2.05) is 12.4 Å². The number of rotatable bonds is 8. The molecule has 3 aliphatic heterocycles. The molecule has 0 spiro atoms. The number of aromatic amines is 2. The molecule has 0 saturated carbocycles. The Morgan fingerprint density at radius 1 is 0.630 bits per heavy atom. The molecule has 5 heterocycles. The first-order valence-corrected chi connectivity index (χ1v) is 16.6. The lowest BCUT2D eigenvalue weighted by molar-refractivity contribution is -0.0405. The van der Waals surface area contributed by atoms with Gasteiger partial charge in [0.05, 0.1) is 48.0 Å². The number of aromatic nitrogens is 4. The number of unbranched alkanes of at least 4 members (excludes halogenated alkanes) is 2. The van der Waals surface area contributed by atoms with Gasteiger partial charge in [-0.25, -0.2) is 0 Å². The Kier molecular flexibility index (Phi) is 6.97. The number of ether oxygens (including phenoxy) is 2. The summed E-state index contributed by atoms with van der Waals surface area (Å²) >= 11 is 0. The van der Waals surface area contributed by atoms with E-state index in [-0.39, 0.29) is 0 Å². The fraction of sp³-hybridized carbons (Fsp3) is 0.316. The van der Waals surface area contributed by atoms with Crippen LogP contribution < -0.4 is 9.64 Å². The molecule has 8 nitrogen and oxygen atoms in total. The Labute approximate surface area is 268 Å². The maximum absolute atomic E-state index is 6.72. The molecule has 0 amide bonds. The van der Waals surface area contributed by atoms with Crippen molar-refractivity contribution in [2.45, 2.75) is 25.7 Å². The second-order valence-electron chi connectivity index (χ2n) is 13.3. The molecule has 4 aromatic carbocycles. The third-order valence-electron chi connectivity index (χ3n) is 10.0. The van der Waals surface area contributed by atoms with Crippen molar-refractivity contribution in [1.82, 2.24) is 25.3 Å². The highest BCUT2D eigenvalue weighted by Crippen LogP contribution is 2.49. The molecule has 2 atom stereocenters. The number of nitrogens with one attached hydrogen (secondary N) is 2. The predicted octanol–water partition coefficient (Wildman–Crippen LogP) is 8.16. The van der Waals surface area contributed by atoms with Gasteiger partial charge in [0, 0.05) is 30.4 Å². The lowest BCUT2D eigenvalue weighted by Crippen LogP contribution is -2.46. The number of piperidine rings is 1. The summed E-state index contributed by atoms with van der Waals surface area (Å²) in [7, 11) is 0. The zero-order valence-electron chi connectivity index (χ0n) is 25.9. The van der Waals surface area contributed by atoms with Gasteiger partial charge in [-0.15, -0.1) is 0 Å². The quantitative estimate of drug-likeness (QED) is 0.169. The SMILES string of the molecule is c1cc2c(cc1-c1ccc3[nH]ncc3c1)Oc1cc(-c3ccc4[nH]ncc4c3)ccc1N2CCCCCN1CC2COCC(C2)C1. The lowest BCUT2D eigenvalue weighted by atomic mass is 9.88. The minimum Gasteiger partial charge on any atom is -0.453 e. The molecular formula is C38H38N6O2. The number of hydrogen-bond donors (Lipinski definition) is 2. The second kappa shape index (κ2) is 11.6. The molecule has 2 fully saturated rings. The van der Waals surface area contributed by atoms with E-state index in [0.717, 1.165) is 105 Å². The third-order valence-corrected chi connectivity index (χ3v) is 10.0. The smallest absolute Gasteiger partial charge is 0.151 e. The van der Waals surface area contributed by atoms with Crippen molar-refractivity contribution in [2.24, 2.45) is 11.8 Å². The monoisotopic (exact) mass is 610 g/mol. The van der Waals surface area contributed by atoms with Gasteiger partial charge in [-0.05, 0) is 108 Å². The normalized spacial score (nSPS) is 19.3. The van der Waals surface area contributed by atoms with Gasteiger partial charge >= 0.3 is 0 Å². The molecule has 2 unspecified atom stereocenters. The van der Waals surface area contributed by atoms with Crippen molar-refractivity contribution >= 4 is 33.2 Å². The summed E-state index contributed by atoms with van der Waals surface area (Å²) in [5.74, 6) is 3.24. The van der Waals surface area contributed by atoms with Crippen LogP contribution in [-0.4, -0.2) is 64.7 Å². The molecule has 8 heteroatoms. The highest BCUT2D eigenvalue weighted by atomic mass is 16.5. The first kappa shape index (κ1) is 27.6. The van der Waals surface area contributed by atoms with E-state index in [1.165, 1.54) is 38.9 Å². The van der Waals surface area contributed by atoms with E-state index in [9.17, 15) is 0 Å². The van der Waals surface area contributed by atoms with E-state index in [0.29, 0.717) is 0 Å². The highest BCUT2D eigenvalue weighted by molar-refractivity contribution is 5.88. The number of likely N-dealkylation sites (tertiary alicyclic amines) is 1. The predicted molar refractivity (Wildman–Crippen MR) is 183 cm³/mol. The summed E-state index contributed by atoms with van der Waals surface area (Å²) in [6, 6.07) is 26.1. The number of benzene rings is 4. The Morgan fingerprint density at radius 2 is 1.17 bits per heavy atom. The van der Waals surface area contributed by atoms with E-state index in [4.69, 9.17) is 9.47 Å². The topological polar surface area (TPSA) is 82.3 Å². The Hall–Kier alpha value is -4.66. The number of hydrogen-bond acceptors (Lipinski definition) is 6. The Morgan fingerprint density at radius 3 is 1.78 bits per heavy atom. The van der Waals surface area contributed by atoms with Crippen LogP contribution in [0.1, 0.15) is 25.7 Å². The number of fused-ring (bicyclic) bond motifs is 6. The van der Waals surface area contributed by atoms with E-state index in [2.05, 4.69) is 103 Å². The molecule has 46 heavy (non-hydrogen) atoms. The molecule has 3 aliphatic rings. The number of nitrogens with zero attached hydrogens (tertiary/aromatic N) is 4. The summed E-state index contributed by atoms with van der Waals surface area (Å²) in [6.07, 6.45) is 8.66. The molecule has 2 bridgehead atoms. The zero-order chi connectivity index (χ0) is 30.5. The number of H-pyrrole nitrogens is 2. The van der Waals surface area contributed by atoms with Crippen LogP contribution in [-0.2, 0) is 4.74 Å². The van der Waals surface area contributed by atoms with Crippen molar-refractivity contribution in [2.75, 3.05) is 44.3 Å². The second-order valence-corrected chi connectivity index (χ2v) is 13.3. The van der Waals surface area contributed by atoms with Crippen LogP contribution in [0.2, 0.25) is 0 Å². The van der Waals surface area contributed by atoms with Crippen molar-refractivity contribution in [3.8, 4) is 33.8 Å². The van der Waals surface area contributed by atoms with Crippen molar-refractivity contribution in [3.63, 3.8) is 0 Å². The largest absolute Gasteiger partial charge is 0.453 e. The summed E-state index contributed by atoms with van der Waals surface area (Å²) in [6.45, 7) is 6.43. The molecule has 0 radical (unpaired) electrons. The van der Waals surface area contributed by atoms with Crippen molar-refractivity contribution < 1.29 is 9.47 Å². The van der Waals surface area contributed by atoms with Crippen LogP contribution in [0.25, 0.3) is 44.1 Å². The summed E-state index contributed by atoms with van der Waals surface area (Å²) in [4.78, 5) is 5.15. The fourth-order valence-corrected chi connectivity index (χ4v) is 7.76. The van der Waals surface area contributed by atoms with Crippen LogP contribution >= 0.6 is 0 Å². The maximum Gasteiger partial charge on any atom is 0.151 e. The zero-order valence-corrected chi connectivity index (χ0v) is 25.9. The first-order valence-electron chi connectivity index (χ1n) is 16.6. The third kappa shape index (κ3) is 5.21. The van der Waals surface area contributed by atoms with Crippen molar-refractivity contribution in [3.05, 3.63) is 85.2 Å². The van der Waals surface area contributed by atoms with E-state index < -0.39 is 0 Å². The lowest BCUT2D eigenvalue weighted by Gasteiger charge is -2.41. The van der Waals surface area contributed by atoms with Crippen LogP contribution in [0.5, 0.6) is 11.5 Å². The molecule has 2 aromatic heterocycles. The Balaban J connectivity index is 0.977. The standard InChI is InChI=1S/C38H38N6O2/c1(2-12-43-21-25-14-26(22-43)24-45-23-25)3-13-44-35-10-6-29(27-4-8-33-31(15-27)19-39-41-33)17-37(35)46-38-18-30(7-11-36(38)44)28-5-9-34-32(16-28)20-40-42-34/h4-11,15-20,25-26H,1-3,12-14,21-24H2,(H,39,41)(H,40,42). The summed E-state index contributed by atoms with van der Waals surface area (Å²) in [5.41, 5.74) is 8.87. The molecule has 2 saturated heterocycles. The minimum absolute atomic E-state index is 0.729. The van der Waals surface area contributed by atoms with Gasteiger partial charge in [0.15, 0.2) is 11.5 Å². The van der Waals surface area contributed by atoms with Gasteiger partial charge in [0.2, 0.25) is 0 Å². The van der Waals surface area contributed by atoms with Gasteiger partial charge < -0.3 is 19.3 Å². The van der Waals surface area contributed by atoms with Crippen LogP contribution in [0.4, 0.5) is 11.4 Å². The Bertz CT molecular complexity index is 1900. The summed E-state index contributed by atoms with van der Waals surface area (Å²) in [5, 5.41) is 16.7. The number of anilines is 2. The average molecular weight is 611 g/mol. The average Bonchev–Trinajstić information content (AvgIpc) is 3.76. The molecule has 9 rings (SSSR count). The molecule has 0 aliphatic carbocycles. The summed E-state index contributed by atoms with van der Waals surface area (Å²) < 4.78 is 12.5. The van der Waals surface area contributed by atoms with Crippen LogP contribution in [0.15, 0.2) is 85.2 Å². The molecule has 232 valence electrons. The fourth-order valence-electron chi connectivity index (χ4n) is 7.76.